The van der Waals surface area contributed by atoms with Crippen molar-refractivity contribution in [1.82, 2.24) is 0 Å². The molecule has 0 spiro atoms. The van der Waals surface area contributed by atoms with Crippen molar-refractivity contribution in [3.05, 3.63) is 107 Å². The summed E-state index contributed by atoms with van der Waals surface area (Å²) in [5.74, 6) is -0.582. The van der Waals surface area contributed by atoms with Gasteiger partial charge in [0.05, 0.1) is 0 Å². The molecule has 4 heteroatoms. The van der Waals surface area contributed by atoms with Gasteiger partial charge >= 0.3 is 0 Å². The Hall–Kier alpha value is -3.01. The largest absolute Gasteiger partial charge is 0.473 e. The Kier molecular flexibility index (Phi) is 3.61. The standard InChI is InChI=1S/C21H13F3O/c22-17-5-1-15(2-6-17)21(16-3-7-18(23)8-4-16)12-11-14-13-19(24)9-10-20(14)25-21/h1-13H. The Bertz CT molecular complexity index is 898. The summed E-state index contributed by atoms with van der Waals surface area (Å²) in [5, 5.41) is 0. The molecule has 0 saturated carbocycles. The highest BCUT2D eigenvalue weighted by atomic mass is 19.1. The molecule has 3 aromatic carbocycles. The first-order valence-corrected chi connectivity index (χ1v) is 7.77. The van der Waals surface area contributed by atoms with Crippen LogP contribution in [0.1, 0.15) is 16.7 Å². The van der Waals surface area contributed by atoms with Gasteiger partial charge in [0.15, 0.2) is 5.60 Å². The molecule has 0 bridgehead atoms. The Labute approximate surface area is 143 Å². The number of hydrogen-bond acceptors (Lipinski definition) is 1. The van der Waals surface area contributed by atoms with Crippen molar-refractivity contribution < 1.29 is 17.9 Å². The van der Waals surface area contributed by atoms with Gasteiger partial charge < -0.3 is 4.74 Å². The quantitative estimate of drug-likeness (QED) is 0.603. The fourth-order valence-corrected chi connectivity index (χ4v) is 3.03. The number of ether oxygens (including phenoxy) is 1. The van der Waals surface area contributed by atoms with E-state index in [9.17, 15) is 13.2 Å². The molecule has 0 aromatic heterocycles. The molecule has 0 amide bonds. The Morgan fingerprint density at radius 3 is 1.72 bits per heavy atom. The monoisotopic (exact) mass is 338 g/mol. The molecule has 124 valence electrons. The third-order valence-electron chi connectivity index (χ3n) is 4.29. The van der Waals surface area contributed by atoms with Crippen LogP contribution in [0.5, 0.6) is 5.75 Å². The summed E-state index contributed by atoms with van der Waals surface area (Å²) in [6.45, 7) is 0. The van der Waals surface area contributed by atoms with E-state index in [4.69, 9.17) is 4.74 Å². The number of hydrogen-bond donors (Lipinski definition) is 0. The molecule has 1 heterocycles. The van der Waals surface area contributed by atoms with E-state index >= 15 is 0 Å². The Morgan fingerprint density at radius 2 is 1.16 bits per heavy atom. The maximum Gasteiger partial charge on any atom is 0.178 e. The van der Waals surface area contributed by atoms with Gasteiger partial charge in [-0.15, -0.1) is 0 Å². The molecule has 0 aliphatic carbocycles. The molecule has 0 N–H and O–H groups in total. The van der Waals surface area contributed by atoms with Crippen molar-refractivity contribution in [1.29, 1.82) is 0 Å². The second-order valence-corrected chi connectivity index (χ2v) is 5.87. The highest BCUT2D eigenvalue weighted by Crippen LogP contribution is 2.42. The minimum Gasteiger partial charge on any atom is -0.473 e. The molecule has 0 unspecified atom stereocenters. The topological polar surface area (TPSA) is 9.23 Å². The molecular weight excluding hydrogens is 325 g/mol. The fourth-order valence-electron chi connectivity index (χ4n) is 3.03. The Morgan fingerprint density at radius 1 is 0.640 bits per heavy atom. The zero-order valence-electron chi connectivity index (χ0n) is 13.0. The first-order valence-electron chi connectivity index (χ1n) is 7.77. The molecule has 25 heavy (non-hydrogen) atoms. The van der Waals surface area contributed by atoms with E-state index in [0.29, 0.717) is 22.4 Å². The average Bonchev–Trinajstić information content (AvgIpc) is 2.62. The molecule has 1 aliphatic heterocycles. The number of halogens is 3. The summed E-state index contributed by atoms with van der Waals surface area (Å²) in [6.07, 6.45) is 3.53. The highest BCUT2D eigenvalue weighted by molar-refractivity contribution is 5.64. The van der Waals surface area contributed by atoms with E-state index in [1.54, 1.807) is 42.5 Å². The van der Waals surface area contributed by atoms with Crippen LogP contribution in [0.25, 0.3) is 6.08 Å². The van der Waals surface area contributed by atoms with Crippen molar-refractivity contribution in [2.45, 2.75) is 5.60 Å². The minimum absolute atomic E-state index is 0.358. The van der Waals surface area contributed by atoms with Gasteiger partial charge in [0.25, 0.3) is 0 Å². The summed E-state index contributed by atoms with van der Waals surface area (Å²) in [7, 11) is 0. The van der Waals surface area contributed by atoms with Crippen LogP contribution < -0.4 is 4.74 Å². The van der Waals surface area contributed by atoms with Gasteiger partial charge in [0, 0.05) is 16.7 Å². The average molecular weight is 338 g/mol. The van der Waals surface area contributed by atoms with Crippen LogP contribution in [-0.4, -0.2) is 0 Å². The van der Waals surface area contributed by atoms with E-state index in [1.165, 1.54) is 36.4 Å². The number of benzene rings is 3. The normalized spacial score (nSPS) is 14.7. The van der Waals surface area contributed by atoms with Crippen LogP contribution in [0.2, 0.25) is 0 Å². The molecule has 1 nitrogen and oxygen atoms in total. The van der Waals surface area contributed by atoms with Gasteiger partial charge in [-0.3, -0.25) is 0 Å². The van der Waals surface area contributed by atoms with E-state index in [-0.39, 0.29) is 17.5 Å². The summed E-state index contributed by atoms with van der Waals surface area (Å²) >= 11 is 0. The summed E-state index contributed by atoms with van der Waals surface area (Å²) < 4.78 is 46.4. The van der Waals surface area contributed by atoms with Gasteiger partial charge in [0.1, 0.15) is 23.2 Å². The number of fused-ring (bicyclic) bond motifs is 1. The molecule has 0 atom stereocenters. The van der Waals surface area contributed by atoms with E-state index in [0.717, 1.165) is 0 Å². The van der Waals surface area contributed by atoms with Crippen LogP contribution >= 0.6 is 0 Å². The third kappa shape index (κ3) is 2.70. The molecule has 0 saturated heterocycles. The van der Waals surface area contributed by atoms with Crippen molar-refractivity contribution in [2.75, 3.05) is 0 Å². The van der Waals surface area contributed by atoms with Crippen LogP contribution in [-0.2, 0) is 5.60 Å². The van der Waals surface area contributed by atoms with Gasteiger partial charge in [-0.1, -0.05) is 30.3 Å². The molecule has 3 aromatic rings. The van der Waals surface area contributed by atoms with Gasteiger partial charge in [-0.25, -0.2) is 13.2 Å². The number of rotatable bonds is 2. The minimum atomic E-state index is -1.05. The lowest BCUT2D eigenvalue weighted by atomic mass is 9.83. The summed E-state index contributed by atoms with van der Waals surface area (Å²) in [5.41, 5.74) is 0.935. The predicted octanol–water partition coefficient (Wildman–Crippen LogP) is 5.45. The highest BCUT2D eigenvalue weighted by Gasteiger charge is 2.37. The summed E-state index contributed by atoms with van der Waals surface area (Å²) in [6, 6.07) is 16.1. The first kappa shape index (κ1) is 15.5. The molecular formula is C21H13F3O. The second-order valence-electron chi connectivity index (χ2n) is 5.87. The lowest BCUT2D eigenvalue weighted by molar-refractivity contribution is 0.160. The maximum absolute atomic E-state index is 13.4. The van der Waals surface area contributed by atoms with Gasteiger partial charge in [-0.2, -0.15) is 0 Å². The predicted molar refractivity (Wildman–Crippen MR) is 89.6 cm³/mol. The van der Waals surface area contributed by atoms with Gasteiger partial charge in [-0.05, 0) is 48.5 Å². The van der Waals surface area contributed by atoms with Crippen molar-refractivity contribution in [3.63, 3.8) is 0 Å². The molecule has 0 radical (unpaired) electrons. The van der Waals surface area contributed by atoms with Crippen LogP contribution in [0.15, 0.2) is 72.8 Å². The molecule has 4 rings (SSSR count). The van der Waals surface area contributed by atoms with E-state index in [1.807, 2.05) is 0 Å². The zero-order chi connectivity index (χ0) is 17.4. The van der Waals surface area contributed by atoms with Crippen LogP contribution in [0, 0.1) is 17.5 Å². The first-order chi connectivity index (χ1) is 12.1. The van der Waals surface area contributed by atoms with E-state index in [2.05, 4.69) is 0 Å². The maximum atomic E-state index is 13.4. The second kappa shape index (κ2) is 5.81. The van der Waals surface area contributed by atoms with Crippen molar-refractivity contribution in [2.24, 2.45) is 0 Å². The lowest BCUT2D eigenvalue weighted by Crippen LogP contribution is -2.34. The fraction of sp³-hybridized carbons (Fsp3) is 0.0476. The van der Waals surface area contributed by atoms with Crippen molar-refractivity contribution >= 4 is 6.08 Å². The smallest absolute Gasteiger partial charge is 0.178 e. The summed E-state index contributed by atoms with van der Waals surface area (Å²) in [4.78, 5) is 0. The van der Waals surface area contributed by atoms with E-state index < -0.39 is 5.60 Å². The molecule has 0 fully saturated rings. The zero-order valence-corrected chi connectivity index (χ0v) is 13.0. The van der Waals surface area contributed by atoms with Crippen molar-refractivity contribution in [3.8, 4) is 5.75 Å². The third-order valence-corrected chi connectivity index (χ3v) is 4.29. The van der Waals surface area contributed by atoms with Crippen LogP contribution in [0.3, 0.4) is 0 Å². The van der Waals surface area contributed by atoms with Crippen LogP contribution in [0.4, 0.5) is 13.2 Å². The SMILES string of the molecule is Fc1ccc(C2(c3ccc(F)cc3)C=Cc3cc(F)ccc3O2)cc1. The Balaban J connectivity index is 1.90. The molecule has 1 aliphatic rings. The van der Waals surface area contributed by atoms with Gasteiger partial charge in [0.2, 0.25) is 0 Å². The lowest BCUT2D eigenvalue weighted by Gasteiger charge is -2.36.